The van der Waals surface area contributed by atoms with Crippen molar-refractivity contribution in [3.8, 4) is 5.88 Å². The summed E-state index contributed by atoms with van der Waals surface area (Å²) in [5.41, 5.74) is 1.06. The zero-order valence-corrected chi connectivity index (χ0v) is 9.77. The maximum absolute atomic E-state index is 5.51. The third-order valence-corrected chi connectivity index (χ3v) is 2.81. The summed E-state index contributed by atoms with van der Waals surface area (Å²) in [5.74, 6) is 0.644. The van der Waals surface area contributed by atoms with E-state index in [4.69, 9.17) is 9.47 Å². The van der Waals surface area contributed by atoms with E-state index in [0.717, 1.165) is 25.1 Å². The van der Waals surface area contributed by atoms with Gasteiger partial charge in [-0.1, -0.05) is 0 Å². The average molecular weight is 222 g/mol. The van der Waals surface area contributed by atoms with E-state index in [1.807, 2.05) is 19.1 Å². The zero-order valence-electron chi connectivity index (χ0n) is 9.77. The van der Waals surface area contributed by atoms with E-state index in [1.165, 1.54) is 0 Å². The quantitative estimate of drug-likeness (QED) is 0.828. The lowest BCUT2D eigenvalue weighted by atomic mass is 9.89. The van der Waals surface area contributed by atoms with E-state index in [0.29, 0.717) is 18.0 Å². The highest BCUT2D eigenvalue weighted by Crippen LogP contribution is 2.27. The molecule has 0 radical (unpaired) electrons. The van der Waals surface area contributed by atoms with Gasteiger partial charge >= 0.3 is 0 Å². The molecule has 0 atom stereocenters. The number of nitrogens with zero attached hydrogens (tertiary/aromatic N) is 1. The Bertz CT molecular complexity index is 338. The molecule has 88 valence electrons. The molecule has 0 saturated heterocycles. The lowest BCUT2D eigenvalue weighted by Gasteiger charge is -2.36. The van der Waals surface area contributed by atoms with Crippen molar-refractivity contribution >= 4 is 5.69 Å². The molecular weight excluding hydrogens is 204 g/mol. The van der Waals surface area contributed by atoms with Crippen LogP contribution in [0.5, 0.6) is 5.88 Å². The maximum Gasteiger partial charge on any atom is 0.214 e. The van der Waals surface area contributed by atoms with E-state index in [9.17, 15) is 0 Å². The van der Waals surface area contributed by atoms with Crippen molar-refractivity contribution in [2.75, 3.05) is 19.0 Å². The smallest absolute Gasteiger partial charge is 0.214 e. The predicted molar refractivity (Wildman–Crippen MR) is 62.8 cm³/mol. The lowest BCUT2D eigenvalue weighted by Crippen LogP contribution is -2.40. The fourth-order valence-corrected chi connectivity index (χ4v) is 1.90. The Morgan fingerprint density at radius 1 is 1.50 bits per heavy atom. The lowest BCUT2D eigenvalue weighted by molar-refractivity contribution is 0.00299. The van der Waals surface area contributed by atoms with Gasteiger partial charge in [-0.2, -0.15) is 0 Å². The molecule has 1 aromatic rings. The largest absolute Gasteiger partial charge is 0.481 e. The van der Waals surface area contributed by atoms with E-state index in [1.54, 1.807) is 13.3 Å². The Hall–Kier alpha value is -1.29. The zero-order chi connectivity index (χ0) is 11.4. The molecule has 1 fully saturated rings. The molecule has 0 bridgehead atoms. The Balaban J connectivity index is 1.82. The van der Waals surface area contributed by atoms with Crippen molar-refractivity contribution in [3.63, 3.8) is 0 Å². The molecular formula is C12H18N2O2. The highest BCUT2D eigenvalue weighted by molar-refractivity contribution is 5.46. The first kappa shape index (κ1) is 11.2. The average Bonchev–Trinajstić information content (AvgIpc) is 2.27. The standard InChI is InChI=1S/C12H18N2O2/c1-3-16-11-6-10(7-11)14-9-4-5-13-12(8-9)15-2/h4-5,8,10-11H,3,6-7H2,1-2H3,(H,13,14). The number of hydrogen-bond acceptors (Lipinski definition) is 4. The summed E-state index contributed by atoms with van der Waals surface area (Å²) in [6, 6.07) is 4.38. The van der Waals surface area contributed by atoms with Gasteiger partial charge in [-0.05, 0) is 25.8 Å². The minimum atomic E-state index is 0.436. The first-order valence-electron chi connectivity index (χ1n) is 5.70. The van der Waals surface area contributed by atoms with Crippen LogP contribution in [-0.4, -0.2) is 30.8 Å². The second-order valence-corrected chi connectivity index (χ2v) is 3.98. The highest BCUT2D eigenvalue weighted by atomic mass is 16.5. The maximum atomic E-state index is 5.51. The van der Waals surface area contributed by atoms with Crippen molar-refractivity contribution in [3.05, 3.63) is 18.3 Å². The Kier molecular flexibility index (Phi) is 3.62. The molecule has 1 N–H and O–H groups in total. The minimum absolute atomic E-state index is 0.436. The van der Waals surface area contributed by atoms with Crippen LogP contribution in [0.2, 0.25) is 0 Å². The van der Waals surface area contributed by atoms with Crippen LogP contribution in [-0.2, 0) is 4.74 Å². The van der Waals surface area contributed by atoms with Gasteiger partial charge in [0, 0.05) is 30.6 Å². The number of aromatic nitrogens is 1. The molecule has 1 aliphatic carbocycles. The van der Waals surface area contributed by atoms with E-state index < -0.39 is 0 Å². The van der Waals surface area contributed by atoms with Crippen molar-refractivity contribution in [2.45, 2.75) is 31.9 Å². The Morgan fingerprint density at radius 3 is 3.00 bits per heavy atom. The van der Waals surface area contributed by atoms with Crippen molar-refractivity contribution < 1.29 is 9.47 Å². The summed E-state index contributed by atoms with van der Waals surface area (Å²) in [6.07, 6.45) is 4.35. The molecule has 2 rings (SSSR count). The van der Waals surface area contributed by atoms with Crippen molar-refractivity contribution in [2.24, 2.45) is 0 Å². The molecule has 16 heavy (non-hydrogen) atoms. The molecule has 0 amide bonds. The van der Waals surface area contributed by atoms with Crippen molar-refractivity contribution in [1.29, 1.82) is 0 Å². The third kappa shape index (κ3) is 2.64. The van der Waals surface area contributed by atoms with Crippen LogP contribution >= 0.6 is 0 Å². The SMILES string of the molecule is CCOC1CC(Nc2ccnc(OC)c2)C1. The second-order valence-electron chi connectivity index (χ2n) is 3.98. The predicted octanol–water partition coefficient (Wildman–Crippen LogP) is 2.07. The van der Waals surface area contributed by atoms with Gasteiger partial charge in [-0.3, -0.25) is 0 Å². The monoisotopic (exact) mass is 222 g/mol. The summed E-state index contributed by atoms with van der Waals surface area (Å²) < 4.78 is 10.6. The van der Waals surface area contributed by atoms with Gasteiger partial charge < -0.3 is 14.8 Å². The van der Waals surface area contributed by atoms with Crippen LogP contribution in [0.15, 0.2) is 18.3 Å². The number of ether oxygens (including phenoxy) is 2. The van der Waals surface area contributed by atoms with Crippen molar-refractivity contribution in [1.82, 2.24) is 4.98 Å². The number of anilines is 1. The van der Waals surface area contributed by atoms with Crippen LogP contribution in [0.1, 0.15) is 19.8 Å². The van der Waals surface area contributed by atoms with E-state index in [2.05, 4.69) is 10.3 Å². The number of rotatable bonds is 5. The molecule has 0 spiro atoms. The van der Waals surface area contributed by atoms with Gasteiger partial charge in [0.1, 0.15) is 0 Å². The Morgan fingerprint density at radius 2 is 2.31 bits per heavy atom. The molecule has 0 aromatic carbocycles. The second kappa shape index (κ2) is 5.16. The van der Waals surface area contributed by atoms with E-state index >= 15 is 0 Å². The number of methoxy groups -OCH3 is 1. The topological polar surface area (TPSA) is 43.4 Å². The molecule has 4 nitrogen and oxygen atoms in total. The summed E-state index contributed by atoms with van der Waals surface area (Å²) in [4.78, 5) is 4.07. The highest BCUT2D eigenvalue weighted by Gasteiger charge is 2.29. The molecule has 0 aliphatic heterocycles. The van der Waals surface area contributed by atoms with E-state index in [-0.39, 0.29) is 0 Å². The first-order valence-corrected chi connectivity index (χ1v) is 5.70. The molecule has 1 aromatic heterocycles. The summed E-state index contributed by atoms with van der Waals surface area (Å²) in [7, 11) is 1.63. The van der Waals surface area contributed by atoms with Gasteiger partial charge in [-0.25, -0.2) is 4.98 Å². The van der Waals surface area contributed by atoms with Gasteiger partial charge in [0.2, 0.25) is 5.88 Å². The molecule has 1 saturated carbocycles. The fourth-order valence-electron chi connectivity index (χ4n) is 1.90. The Labute approximate surface area is 96.0 Å². The number of nitrogens with one attached hydrogen (secondary N) is 1. The van der Waals surface area contributed by atoms with Gasteiger partial charge in [-0.15, -0.1) is 0 Å². The summed E-state index contributed by atoms with van der Waals surface area (Å²) >= 11 is 0. The summed E-state index contributed by atoms with van der Waals surface area (Å²) in [6.45, 7) is 2.84. The van der Waals surface area contributed by atoms with Gasteiger partial charge in [0.15, 0.2) is 0 Å². The van der Waals surface area contributed by atoms with Crippen LogP contribution in [0.25, 0.3) is 0 Å². The third-order valence-electron chi connectivity index (χ3n) is 2.81. The molecule has 1 aliphatic rings. The first-order chi connectivity index (χ1) is 7.81. The number of pyridine rings is 1. The minimum Gasteiger partial charge on any atom is -0.481 e. The van der Waals surface area contributed by atoms with Crippen LogP contribution in [0.3, 0.4) is 0 Å². The van der Waals surface area contributed by atoms with Gasteiger partial charge in [0.25, 0.3) is 0 Å². The van der Waals surface area contributed by atoms with Crippen LogP contribution in [0.4, 0.5) is 5.69 Å². The van der Waals surface area contributed by atoms with Gasteiger partial charge in [0.05, 0.1) is 13.2 Å². The normalized spacial score (nSPS) is 23.6. The molecule has 4 heteroatoms. The number of hydrogen-bond donors (Lipinski definition) is 1. The molecule has 0 unspecified atom stereocenters. The van der Waals surface area contributed by atoms with Crippen LogP contribution < -0.4 is 10.1 Å². The summed E-state index contributed by atoms with van der Waals surface area (Å²) in [5, 5.41) is 3.44. The fraction of sp³-hybridized carbons (Fsp3) is 0.583. The molecule has 1 heterocycles. The van der Waals surface area contributed by atoms with Crippen LogP contribution in [0, 0.1) is 0 Å².